The number of guanidine groups is 1. The van der Waals surface area contributed by atoms with E-state index in [1.165, 1.54) is 6.07 Å². The lowest BCUT2D eigenvalue weighted by atomic mass is 10.1. The van der Waals surface area contributed by atoms with E-state index < -0.39 is 0 Å². The highest BCUT2D eigenvalue weighted by molar-refractivity contribution is 5.80. The van der Waals surface area contributed by atoms with Gasteiger partial charge in [-0.05, 0) is 38.3 Å². The third kappa shape index (κ3) is 5.58. The number of hydrogen-bond acceptors (Lipinski definition) is 4. The molecule has 7 heteroatoms. The number of hydrogen-bond donors (Lipinski definition) is 1. The van der Waals surface area contributed by atoms with E-state index in [1.54, 1.807) is 6.07 Å². The molecule has 3 rings (SSSR count). The van der Waals surface area contributed by atoms with Gasteiger partial charge in [0.2, 0.25) is 0 Å². The van der Waals surface area contributed by atoms with Gasteiger partial charge in [-0.2, -0.15) is 0 Å². The minimum Gasteiger partial charge on any atom is -0.375 e. The maximum Gasteiger partial charge on any atom is 0.194 e. The van der Waals surface area contributed by atoms with Crippen LogP contribution in [0, 0.1) is 5.82 Å². The summed E-state index contributed by atoms with van der Waals surface area (Å²) in [5.74, 6) is 0.748. The molecule has 2 saturated heterocycles. The highest BCUT2D eigenvalue weighted by Gasteiger charge is 2.32. The molecule has 2 aliphatic rings. The summed E-state index contributed by atoms with van der Waals surface area (Å²) < 4.78 is 25.6. The zero-order chi connectivity index (χ0) is 19.8. The third-order valence-corrected chi connectivity index (χ3v) is 5.28. The first kappa shape index (κ1) is 20.9. The van der Waals surface area contributed by atoms with Gasteiger partial charge in [-0.3, -0.25) is 4.99 Å². The smallest absolute Gasteiger partial charge is 0.194 e. The van der Waals surface area contributed by atoms with Gasteiger partial charge in [-0.25, -0.2) is 4.39 Å². The molecule has 2 heterocycles. The second-order valence-electron chi connectivity index (χ2n) is 7.37. The fourth-order valence-electron chi connectivity index (χ4n) is 3.79. The lowest BCUT2D eigenvalue weighted by molar-refractivity contribution is -0.0817. The zero-order valence-corrected chi connectivity index (χ0v) is 17.1. The number of rotatable bonds is 7. The van der Waals surface area contributed by atoms with Crippen LogP contribution in [-0.4, -0.2) is 76.1 Å². The van der Waals surface area contributed by atoms with Crippen molar-refractivity contribution < 1.29 is 13.9 Å². The first-order chi connectivity index (χ1) is 13.7. The molecule has 2 unspecified atom stereocenters. The lowest BCUT2D eigenvalue weighted by Crippen LogP contribution is -2.53. The summed E-state index contributed by atoms with van der Waals surface area (Å²) in [7, 11) is 1.92. The summed E-state index contributed by atoms with van der Waals surface area (Å²) >= 11 is 0. The topological polar surface area (TPSA) is 49.3 Å². The number of anilines is 1. The first-order valence-electron chi connectivity index (χ1n) is 10.4. The number of para-hydroxylation sites is 1. The molecule has 1 aromatic carbocycles. The monoisotopic (exact) mass is 392 g/mol. The molecule has 0 aliphatic carbocycles. The van der Waals surface area contributed by atoms with Crippen LogP contribution in [0.15, 0.2) is 29.3 Å². The van der Waals surface area contributed by atoms with E-state index in [-0.39, 0.29) is 18.0 Å². The Hall–Kier alpha value is -1.86. The third-order valence-electron chi connectivity index (χ3n) is 5.28. The molecule has 0 aromatic heterocycles. The maximum absolute atomic E-state index is 13.9. The summed E-state index contributed by atoms with van der Waals surface area (Å²) in [5, 5.41) is 3.40. The van der Waals surface area contributed by atoms with Gasteiger partial charge in [0, 0.05) is 46.4 Å². The highest BCUT2D eigenvalue weighted by Crippen LogP contribution is 2.21. The van der Waals surface area contributed by atoms with Gasteiger partial charge in [0.1, 0.15) is 11.9 Å². The van der Waals surface area contributed by atoms with Crippen LogP contribution in [0.25, 0.3) is 0 Å². The Morgan fingerprint density at radius 1 is 1.29 bits per heavy atom. The molecule has 0 radical (unpaired) electrons. The summed E-state index contributed by atoms with van der Waals surface area (Å²) in [6, 6.07) is 6.88. The van der Waals surface area contributed by atoms with Gasteiger partial charge in [0.25, 0.3) is 0 Å². The van der Waals surface area contributed by atoms with Gasteiger partial charge in [0.05, 0.1) is 18.4 Å². The van der Waals surface area contributed by atoms with Crippen LogP contribution < -0.4 is 10.2 Å². The molecule has 2 aliphatic heterocycles. The van der Waals surface area contributed by atoms with Crippen molar-refractivity contribution >= 4 is 11.6 Å². The fraction of sp³-hybridized carbons (Fsp3) is 0.667. The Kier molecular flexibility index (Phi) is 7.91. The standard InChI is InChI=1S/C21H33FN4O2/c1-3-23-21(26-13-15-28-20(16-26)19-10-6-14-27-19)24-11-7-12-25(2)18-9-5-4-8-17(18)22/h4-5,8-9,19-20H,3,6-7,10-16H2,1-2H3,(H,23,24). The second-order valence-corrected chi connectivity index (χ2v) is 7.37. The minimum absolute atomic E-state index is 0.118. The average molecular weight is 393 g/mol. The molecule has 0 spiro atoms. The highest BCUT2D eigenvalue weighted by atomic mass is 19.1. The molecule has 28 heavy (non-hydrogen) atoms. The van der Waals surface area contributed by atoms with Gasteiger partial charge >= 0.3 is 0 Å². The molecule has 2 fully saturated rings. The van der Waals surface area contributed by atoms with Crippen LogP contribution in [0.3, 0.4) is 0 Å². The van der Waals surface area contributed by atoms with Crippen LogP contribution in [0.4, 0.5) is 10.1 Å². The Morgan fingerprint density at radius 2 is 2.11 bits per heavy atom. The molecule has 2 atom stereocenters. The SMILES string of the molecule is CCNC(=NCCCN(C)c1ccccc1F)N1CCOC(C2CCCO2)C1. The van der Waals surface area contributed by atoms with Gasteiger partial charge in [-0.1, -0.05) is 12.1 Å². The van der Waals surface area contributed by atoms with Crippen molar-refractivity contribution in [3.63, 3.8) is 0 Å². The summed E-state index contributed by atoms with van der Waals surface area (Å²) in [5.41, 5.74) is 0.631. The average Bonchev–Trinajstić information content (AvgIpc) is 3.25. The fourth-order valence-corrected chi connectivity index (χ4v) is 3.79. The van der Waals surface area contributed by atoms with Crippen molar-refractivity contribution in [1.82, 2.24) is 10.2 Å². The molecule has 0 saturated carbocycles. The van der Waals surface area contributed by atoms with Crippen molar-refractivity contribution in [3.8, 4) is 0 Å². The van der Waals surface area contributed by atoms with E-state index >= 15 is 0 Å². The van der Waals surface area contributed by atoms with Crippen LogP contribution in [-0.2, 0) is 9.47 Å². The number of halogens is 1. The predicted molar refractivity (Wildman–Crippen MR) is 111 cm³/mol. The Bertz CT molecular complexity index is 637. The molecule has 1 N–H and O–H groups in total. The second kappa shape index (κ2) is 10.6. The molecule has 1 aromatic rings. The van der Waals surface area contributed by atoms with E-state index in [4.69, 9.17) is 14.5 Å². The van der Waals surface area contributed by atoms with E-state index in [0.717, 1.165) is 58.0 Å². The summed E-state index contributed by atoms with van der Waals surface area (Å²) in [4.78, 5) is 9.02. The summed E-state index contributed by atoms with van der Waals surface area (Å²) in [6.07, 6.45) is 3.38. The van der Waals surface area contributed by atoms with Gasteiger partial charge < -0.3 is 24.6 Å². The Labute approximate surface area is 167 Å². The number of nitrogens with one attached hydrogen (secondary N) is 1. The number of ether oxygens (including phenoxy) is 2. The molecule has 0 amide bonds. The predicted octanol–water partition coefficient (Wildman–Crippen LogP) is 2.50. The Morgan fingerprint density at radius 3 is 2.86 bits per heavy atom. The van der Waals surface area contributed by atoms with Crippen LogP contribution in [0.2, 0.25) is 0 Å². The van der Waals surface area contributed by atoms with E-state index in [1.807, 2.05) is 24.1 Å². The maximum atomic E-state index is 13.9. The summed E-state index contributed by atoms with van der Waals surface area (Å²) in [6.45, 7) is 7.55. The Balaban J connectivity index is 1.51. The molecular weight excluding hydrogens is 359 g/mol. The van der Waals surface area contributed by atoms with E-state index in [0.29, 0.717) is 18.8 Å². The number of aliphatic imine (C=N–C) groups is 1. The number of morpholine rings is 1. The van der Waals surface area contributed by atoms with Crippen LogP contribution >= 0.6 is 0 Å². The van der Waals surface area contributed by atoms with Crippen LogP contribution in [0.1, 0.15) is 26.2 Å². The van der Waals surface area contributed by atoms with E-state index in [2.05, 4.69) is 17.1 Å². The first-order valence-corrected chi connectivity index (χ1v) is 10.4. The number of benzene rings is 1. The van der Waals surface area contributed by atoms with E-state index in [9.17, 15) is 4.39 Å². The van der Waals surface area contributed by atoms with Crippen LogP contribution in [0.5, 0.6) is 0 Å². The van der Waals surface area contributed by atoms with Crippen molar-refractivity contribution in [2.75, 3.05) is 57.9 Å². The minimum atomic E-state index is -0.185. The lowest BCUT2D eigenvalue weighted by Gasteiger charge is -2.37. The number of nitrogens with zero attached hydrogens (tertiary/aromatic N) is 3. The van der Waals surface area contributed by atoms with Gasteiger partial charge in [-0.15, -0.1) is 0 Å². The normalized spacial score (nSPS) is 23.1. The van der Waals surface area contributed by atoms with Gasteiger partial charge in [0.15, 0.2) is 5.96 Å². The van der Waals surface area contributed by atoms with Crippen molar-refractivity contribution in [3.05, 3.63) is 30.1 Å². The molecular formula is C21H33FN4O2. The molecule has 156 valence electrons. The van der Waals surface area contributed by atoms with Crippen molar-refractivity contribution in [1.29, 1.82) is 0 Å². The zero-order valence-electron chi connectivity index (χ0n) is 17.1. The molecule has 6 nitrogen and oxygen atoms in total. The largest absolute Gasteiger partial charge is 0.375 e. The van der Waals surface area contributed by atoms with Crippen molar-refractivity contribution in [2.45, 2.75) is 38.4 Å². The molecule has 0 bridgehead atoms. The van der Waals surface area contributed by atoms with Crippen molar-refractivity contribution in [2.24, 2.45) is 4.99 Å². The quantitative estimate of drug-likeness (QED) is 0.439.